The minimum Gasteiger partial charge on any atom is -0.366 e. The Balaban J connectivity index is 2.20. The van der Waals surface area contributed by atoms with Crippen molar-refractivity contribution >= 4 is 5.69 Å². The molecule has 0 aliphatic carbocycles. The van der Waals surface area contributed by atoms with Crippen LogP contribution in [-0.4, -0.2) is 24.7 Å². The SMILES string of the molecule is CCC1(CC)CN(c2ccc(C(C)C)cc2)C(C)CN1. The van der Waals surface area contributed by atoms with Crippen molar-refractivity contribution in [2.45, 2.75) is 65.0 Å². The molecule has 0 aromatic heterocycles. The Morgan fingerprint density at radius 3 is 2.30 bits per heavy atom. The van der Waals surface area contributed by atoms with E-state index in [-0.39, 0.29) is 5.54 Å². The molecule has 1 aliphatic rings. The van der Waals surface area contributed by atoms with Crippen LogP contribution in [0.4, 0.5) is 5.69 Å². The highest BCUT2D eigenvalue weighted by atomic mass is 15.3. The van der Waals surface area contributed by atoms with Gasteiger partial charge in [-0.15, -0.1) is 0 Å². The second-order valence-electron chi connectivity index (χ2n) is 6.59. The first-order chi connectivity index (χ1) is 9.51. The van der Waals surface area contributed by atoms with Crippen LogP contribution in [0.15, 0.2) is 24.3 Å². The lowest BCUT2D eigenvalue weighted by Gasteiger charge is -2.47. The molecule has 0 spiro atoms. The fraction of sp³-hybridized carbons (Fsp3) is 0.667. The van der Waals surface area contributed by atoms with Crippen molar-refractivity contribution in [3.8, 4) is 0 Å². The molecule has 1 heterocycles. The Bertz CT molecular complexity index is 418. The molecular weight excluding hydrogens is 244 g/mol. The van der Waals surface area contributed by atoms with Crippen molar-refractivity contribution in [2.75, 3.05) is 18.0 Å². The van der Waals surface area contributed by atoms with Crippen LogP contribution in [0.1, 0.15) is 58.9 Å². The van der Waals surface area contributed by atoms with Gasteiger partial charge in [0.05, 0.1) is 0 Å². The summed E-state index contributed by atoms with van der Waals surface area (Å²) in [5.74, 6) is 0.606. The van der Waals surface area contributed by atoms with Crippen molar-refractivity contribution < 1.29 is 0 Å². The summed E-state index contributed by atoms with van der Waals surface area (Å²) in [5, 5.41) is 3.77. The zero-order valence-electron chi connectivity index (χ0n) is 13.7. The van der Waals surface area contributed by atoms with Crippen molar-refractivity contribution in [3.05, 3.63) is 29.8 Å². The molecule has 1 atom stereocenters. The van der Waals surface area contributed by atoms with Crippen LogP contribution >= 0.6 is 0 Å². The van der Waals surface area contributed by atoms with E-state index >= 15 is 0 Å². The highest BCUT2D eigenvalue weighted by molar-refractivity contribution is 5.50. The van der Waals surface area contributed by atoms with Crippen molar-refractivity contribution in [1.29, 1.82) is 0 Å². The van der Waals surface area contributed by atoms with Gasteiger partial charge in [-0.2, -0.15) is 0 Å². The molecule has 2 heteroatoms. The first-order valence-electron chi connectivity index (χ1n) is 8.13. The summed E-state index contributed by atoms with van der Waals surface area (Å²) in [5.41, 5.74) is 3.08. The molecule has 1 aliphatic heterocycles. The summed E-state index contributed by atoms with van der Waals surface area (Å²) < 4.78 is 0. The third kappa shape index (κ3) is 3.01. The monoisotopic (exact) mass is 274 g/mol. The maximum Gasteiger partial charge on any atom is 0.0387 e. The van der Waals surface area contributed by atoms with Gasteiger partial charge < -0.3 is 10.2 Å². The standard InChI is InChI=1S/C18H30N2/c1-6-18(7-2)13-20(15(5)12-19-18)17-10-8-16(9-11-17)14(3)4/h8-11,14-15,19H,6-7,12-13H2,1-5H3. The molecule has 0 saturated carbocycles. The second-order valence-corrected chi connectivity index (χ2v) is 6.59. The number of benzene rings is 1. The predicted octanol–water partition coefficient (Wildman–Crippen LogP) is 4.17. The molecule has 0 radical (unpaired) electrons. The van der Waals surface area contributed by atoms with Gasteiger partial charge in [0.25, 0.3) is 0 Å². The molecule has 1 fully saturated rings. The third-order valence-electron chi connectivity index (χ3n) is 5.02. The van der Waals surface area contributed by atoms with Gasteiger partial charge >= 0.3 is 0 Å². The Morgan fingerprint density at radius 2 is 1.80 bits per heavy atom. The number of nitrogens with zero attached hydrogens (tertiary/aromatic N) is 1. The van der Waals surface area contributed by atoms with E-state index in [2.05, 4.69) is 69.1 Å². The van der Waals surface area contributed by atoms with Crippen LogP contribution in [0, 0.1) is 0 Å². The van der Waals surface area contributed by atoms with Crippen LogP contribution in [-0.2, 0) is 0 Å². The quantitative estimate of drug-likeness (QED) is 0.886. The lowest BCUT2D eigenvalue weighted by atomic mass is 9.88. The van der Waals surface area contributed by atoms with Crippen molar-refractivity contribution in [3.63, 3.8) is 0 Å². The van der Waals surface area contributed by atoms with E-state index in [9.17, 15) is 0 Å². The van der Waals surface area contributed by atoms with E-state index in [4.69, 9.17) is 0 Å². The fourth-order valence-corrected chi connectivity index (χ4v) is 3.13. The van der Waals surface area contributed by atoms with Gasteiger partial charge in [-0.1, -0.05) is 39.8 Å². The van der Waals surface area contributed by atoms with Crippen LogP contribution in [0.3, 0.4) is 0 Å². The number of rotatable bonds is 4. The number of nitrogens with one attached hydrogen (secondary N) is 1. The van der Waals surface area contributed by atoms with Gasteiger partial charge in [-0.25, -0.2) is 0 Å². The van der Waals surface area contributed by atoms with E-state index < -0.39 is 0 Å². The fourth-order valence-electron chi connectivity index (χ4n) is 3.13. The number of piperazine rings is 1. The minimum atomic E-state index is 0.281. The van der Waals surface area contributed by atoms with Crippen LogP contribution in [0.5, 0.6) is 0 Å². The van der Waals surface area contributed by atoms with Crippen LogP contribution < -0.4 is 10.2 Å². The first kappa shape index (κ1) is 15.4. The number of hydrogen-bond acceptors (Lipinski definition) is 2. The summed E-state index contributed by atoms with van der Waals surface area (Å²) in [6, 6.07) is 9.73. The highest BCUT2D eigenvalue weighted by Gasteiger charge is 2.35. The largest absolute Gasteiger partial charge is 0.366 e. The molecule has 0 amide bonds. The smallest absolute Gasteiger partial charge is 0.0387 e. The molecule has 2 rings (SSSR count). The lowest BCUT2D eigenvalue weighted by molar-refractivity contribution is 0.254. The Hall–Kier alpha value is -1.02. The number of hydrogen-bond donors (Lipinski definition) is 1. The highest BCUT2D eigenvalue weighted by Crippen LogP contribution is 2.28. The van der Waals surface area contributed by atoms with E-state index in [1.54, 1.807) is 0 Å². The zero-order chi connectivity index (χ0) is 14.8. The van der Waals surface area contributed by atoms with E-state index in [1.807, 2.05) is 0 Å². The predicted molar refractivity (Wildman–Crippen MR) is 88.7 cm³/mol. The zero-order valence-corrected chi connectivity index (χ0v) is 13.7. The molecule has 1 saturated heterocycles. The Labute approximate surface area is 124 Å². The molecule has 112 valence electrons. The summed E-state index contributed by atoms with van der Waals surface area (Å²) >= 11 is 0. The van der Waals surface area contributed by atoms with E-state index in [0.29, 0.717) is 12.0 Å². The van der Waals surface area contributed by atoms with Gasteiger partial charge in [0.2, 0.25) is 0 Å². The van der Waals surface area contributed by atoms with Gasteiger partial charge in [0, 0.05) is 30.4 Å². The summed E-state index contributed by atoms with van der Waals surface area (Å²) in [4.78, 5) is 2.58. The normalized spacial score (nSPS) is 22.3. The number of anilines is 1. The first-order valence-corrected chi connectivity index (χ1v) is 8.13. The summed E-state index contributed by atoms with van der Waals surface area (Å²) in [6.45, 7) is 13.6. The average molecular weight is 274 g/mol. The maximum atomic E-state index is 3.77. The molecule has 0 bridgehead atoms. The van der Waals surface area contributed by atoms with Crippen molar-refractivity contribution in [2.24, 2.45) is 0 Å². The van der Waals surface area contributed by atoms with Gasteiger partial charge in [0.1, 0.15) is 0 Å². The topological polar surface area (TPSA) is 15.3 Å². The Morgan fingerprint density at radius 1 is 1.20 bits per heavy atom. The molecule has 2 nitrogen and oxygen atoms in total. The Kier molecular flexibility index (Phi) is 4.74. The van der Waals surface area contributed by atoms with E-state index in [1.165, 1.54) is 24.1 Å². The van der Waals surface area contributed by atoms with Crippen molar-refractivity contribution in [1.82, 2.24) is 5.32 Å². The van der Waals surface area contributed by atoms with Crippen LogP contribution in [0.2, 0.25) is 0 Å². The van der Waals surface area contributed by atoms with Gasteiger partial charge in [-0.05, 0) is 43.4 Å². The molecule has 1 aromatic rings. The molecular formula is C18H30N2. The van der Waals surface area contributed by atoms with Gasteiger partial charge in [-0.3, -0.25) is 0 Å². The molecule has 1 N–H and O–H groups in total. The molecule has 1 aromatic carbocycles. The molecule has 1 unspecified atom stereocenters. The molecule has 20 heavy (non-hydrogen) atoms. The van der Waals surface area contributed by atoms with Crippen LogP contribution in [0.25, 0.3) is 0 Å². The average Bonchev–Trinajstić information content (AvgIpc) is 2.48. The van der Waals surface area contributed by atoms with E-state index in [0.717, 1.165) is 13.1 Å². The summed E-state index contributed by atoms with van der Waals surface area (Å²) in [6.07, 6.45) is 2.38. The summed E-state index contributed by atoms with van der Waals surface area (Å²) in [7, 11) is 0. The van der Waals surface area contributed by atoms with Gasteiger partial charge in [0.15, 0.2) is 0 Å². The third-order valence-corrected chi connectivity index (χ3v) is 5.02. The maximum absolute atomic E-state index is 3.77. The lowest BCUT2D eigenvalue weighted by Crippen LogP contribution is -2.63. The second kappa shape index (κ2) is 6.17. The minimum absolute atomic E-state index is 0.281.